The fourth-order valence-corrected chi connectivity index (χ4v) is 5.59. The Kier molecular flexibility index (Phi) is 7.44. The van der Waals surface area contributed by atoms with Gasteiger partial charge in [0.2, 0.25) is 5.91 Å². The van der Waals surface area contributed by atoms with E-state index in [-0.39, 0.29) is 23.9 Å². The first-order valence-corrected chi connectivity index (χ1v) is 11.9. The molecule has 1 heterocycles. The highest BCUT2D eigenvalue weighted by Crippen LogP contribution is 2.53. The van der Waals surface area contributed by atoms with Gasteiger partial charge in [0.25, 0.3) is 0 Å². The van der Waals surface area contributed by atoms with Gasteiger partial charge in [-0.05, 0) is 68.5 Å². The van der Waals surface area contributed by atoms with Gasteiger partial charge in [-0.15, -0.1) is 6.58 Å². The average molecular weight is 474 g/mol. The fraction of sp³-hybridized carbons (Fsp3) is 0.444. The highest BCUT2D eigenvalue weighted by Gasteiger charge is 2.52. The van der Waals surface area contributed by atoms with Crippen LogP contribution in [0.5, 0.6) is 0 Å². The molecular formula is C27H33Cl2NO2. The highest BCUT2D eigenvalue weighted by molar-refractivity contribution is 6.30. The van der Waals surface area contributed by atoms with Crippen molar-refractivity contribution in [3.8, 4) is 0 Å². The number of carbonyl (C=O) groups excluding carboxylic acids is 1. The molecule has 4 unspecified atom stereocenters. The van der Waals surface area contributed by atoms with Gasteiger partial charge in [-0.25, -0.2) is 0 Å². The van der Waals surface area contributed by atoms with Crippen LogP contribution >= 0.6 is 23.2 Å². The molecule has 1 N–H and O–H groups in total. The normalized spacial score (nSPS) is 25.0. The Hall–Kier alpha value is -1.81. The maximum atomic E-state index is 14.1. The van der Waals surface area contributed by atoms with E-state index in [0.717, 1.165) is 11.1 Å². The van der Waals surface area contributed by atoms with Gasteiger partial charge >= 0.3 is 0 Å². The van der Waals surface area contributed by atoms with E-state index in [1.54, 1.807) is 13.8 Å². The summed E-state index contributed by atoms with van der Waals surface area (Å²) in [5, 5.41) is 12.4. The number of benzene rings is 2. The molecule has 1 fully saturated rings. The van der Waals surface area contributed by atoms with Gasteiger partial charge in [-0.1, -0.05) is 67.4 Å². The Bertz CT molecular complexity index is 966. The molecule has 3 rings (SSSR count). The summed E-state index contributed by atoms with van der Waals surface area (Å²) in [4.78, 5) is 16.0. The van der Waals surface area contributed by atoms with Crippen LogP contribution in [0.4, 0.5) is 0 Å². The number of carbonyl (C=O) groups is 1. The highest BCUT2D eigenvalue weighted by atomic mass is 35.5. The van der Waals surface area contributed by atoms with Crippen LogP contribution in [-0.4, -0.2) is 27.6 Å². The van der Waals surface area contributed by atoms with Crippen molar-refractivity contribution in [2.24, 2.45) is 5.41 Å². The zero-order chi connectivity index (χ0) is 23.7. The lowest BCUT2D eigenvalue weighted by molar-refractivity contribution is -0.162. The molecule has 1 aliphatic rings. The number of hydrogen-bond acceptors (Lipinski definition) is 2. The van der Waals surface area contributed by atoms with Crippen LogP contribution in [0.3, 0.4) is 0 Å². The Balaban J connectivity index is 2.27. The van der Waals surface area contributed by atoms with E-state index in [1.807, 2.05) is 67.3 Å². The van der Waals surface area contributed by atoms with E-state index in [1.165, 1.54) is 0 Å². The Morgan fingerprint density at radius 2 is 1.84 bits per heavy atom. The molecular weight excluding hydrogens is 441 g/mol. The number of amides is 1. The summed E-state index contributed by atoms with van der Waals surface area (Å²) in [6, 6.07) is 15.0. The lowest BCUT2D eigenvalue weighted by Gasteiger charge is -2.54. The fourth-order valence-electron chi connectivity index (χ4n) is 5.27. The molecule has 0 spiro atoms. The summed E-state index contributed by atoms with van der Waals surface area (Å²) in [5.74, 6) is 0.0403. The predicted octanol–water partition coefficient (Wildman–Crippen LogP) is 7.18. The molecule has 2 aromatic rings. The van der Waals surface area contributed by atoms with E-state index >= 15 is 0 Å². The van der Waals surface area contributed by atoms with Crippen molar-refractivity contribution in [3.63, 3.8) is 0 Å². The van der Waals surface area contributed by atoms with Crippen molar-refractivity contribution in [2.45, 2.75) is 70.6 Å². The molecule has 1 amide bonds. The lowest BCUT2D eigenvalue weighted by Crippen LogP contribution is -2.60. The minimum absolute atomic E-state index is 0.00562. The van der Waals surface area contributed by atoms with E-state index in [4.69, 9.17) is 23.2 Å². The zero-order valence-corrected chi connectivity index (χ0v) is 20.8. The van der Waals surface area contributed by atoms with Gasteiger partial charge < -0.3 is 10.0 Å². The number of allylic oxidation sites excluding steroid dienone is 1. The third-order valence-electron chi connectivity index (χ3n) is 6.72. The van der Waals surface area contributed by atoms with Crippen molar-refractivity contribution in [2.75, 3.05) is 0 Å². The molecule has 0 bridgehead atoms. The third-order valence-corrected chi connectivity index (χ3v) is 7.21. The van der Waals surface area contributed by atoms with E-state index in [0.29, 0.717) is 29.3 Å². The number of hydrogen-bond donors (Lipinski definition) is 1. The SMILES string of the molecule is C=CCC1(C)CC(c2cccc(Cl)c2)C(c2ccc(Cl)cc2)N(C(CC)C(C)(C)O)C1=O. The number of aliphatic hydroxyl groups is 1. The quantitative estimate of drug-likeness (QED) is 0.432. The largest absolute Gasteiger partial charge is 0.388 e. The van der Waals surface area contributed by atoms with Gasteiger partial charge in [-0.3, -0.25) is 4.79 Å². The first kappa shape index (κ1) is 24.8. The second-order valence-corrected chi connectivity index (χ2v) is 10.6. The summed E-state index contributed by atoms with van der Waals surface area (Å²) >= 11 is 12.6. The molecule has 32 heavy (non-hydrogen) atoms. The van der Waals surface area contributed by atoms with Crippen LogP contribution in [0.1, 0.15) is 70.0 Å². The van der Waals surface area contributed by atoms with Crippen LogP contribution in [-0.2, 0) is 4.79 Å². The standard InChI is InChI=1S/C27H33Cl2NO2/c1-6-15-27(5)17-22(19-9-8-10-21(29)16-19)24(18-11-13-20(28)14-12-18)30(25(27)31)23(7-2)26(3,4)32/h6,8-14,16,22-24,32H,1,7,15,17H2,2-5H3. The summed E-state index contributed by atoms with van der Waals surface area (Å²) in [6.07, 6.45) is 3.67. The molecule has 172 valence electrons. The second-order valence-electron chi connectivity index (χ2n) is 9.71. The number of rotatable bonds is 7. The van der Waals surface area contributed by atoms with Crippen molar-refractivity contribution >= 4 is 29.1 Å². The molecule has 1 saturated heterocycles. The monoisotopic (exact) mass is 473 g/mol. The summed E-state index contributed by atoms with van der Waals surface area (Å²) < 4.78 is 0. The molecule has 0 aliphatic carbocycles. The number of halogens is 2. The van der Waals surface area contributed by atoms with Crippen molar-refractivity contribution < 1.29 is 9.90 Å². The summed E-state index contributed by atoms with van der Waals surface area (Å²) in [6.45, 7) is 11.5. The van der Waals surface area contributed by atoms with Crippen LogP contribution < -0.4 is 0 Å². The molecule has 3 nitrogen and oxygen atoms in total. The minimum atomic E-state index is -1.07. The summed E-state index contributed by atoms with van der Waals surface area (Å²) in [7, 11) is 0. The van der Waals surface area contributed by atoms with Crippen LogP contribution in [0.2, 0.25) is 10.0 Å². The molecule has 5 heteroatoms. The van der Waals surface area contributed by atoms with E-state index in [9.17, 15) is 9.90 Å². The topological polar surface area (TPSA) is 40.5 Å². The van der Waals surface area contributed by atoms with Crippen LogP contribution in [0, 0.1) is 5.41 Å². The molecule has 4 atom stereocenters. The third kappa shape index (κ3) is 4.90. The number of nitrogens with zero attached hydrogens (tertiary/aromatic N) is 1. The van der Waals surface area contributed by atoms with Crippen LogP contribution in [0.25, 0.3) is 0 Å². The predicted molar refractivity (Wildman–Crippen MR) is 133 cm³/mol. The number of likely N-dealkylation sites (tertiary alicyclic amines) is 1. The van der Waals surface area contributed by atoms with Gasteiger partial charge in [0.1, 0.15) is 0 Å². The Morgan fingerprint density at radius 3 is 2.38 bits per heavy atom. The number of piperidine rings is 1. The molecule has 1 aliphatic heterocycles. The van der Waals surface area contributed by atoms with Gasteiger partial charge in [0.05, 0.1) is 23.1 Å². The smallest absolute Gasteiger partial charge is 0.229 e. The average Bonchev–Trinajstić information content (AvgIpc) is 2.71. The van der Waals surface area contributed by atoms with Crippen molar-refractivity contribution in [1.29, 1.82) is 0 Å². The van der Waals surface area contributed by atoms with Crippen LogP contribution in [0.15, 0.2) is 61.2 Å². The first-order chi connectivity index (χ1) is 15.0. The van der Waals surface area contributed by atoms with Gasteiger partial charge in [-0.2, -0.15) is 0 Å². The zero-order valence-electron chi connectivity index (χ0n) is 19.3. The van der Waals surface area contributed by atoms with Crippen molar-refractivity contribution in [1.82, 2.24) is 4.90 Å². The Labute approximate surface area is 202 Å². The van der Waals surface area contributed by atoms with Crippen molar-refractivity contribution in [3.05, 3.63) is 82.4 Å². The molecule has 2 aromatic carbocycles. The Morgan fingerprint density at radius 1 is 1.19 bits per heavy atom. The lowest BCUT2D eigenvalue weighted by atomic mass is 9.66. The molecule has 0 radical (unpaired) electrons. The minimum Gasteiger partial charge on any atom is -0.388 e. The maximum Gasteiger partial charge on any atom is 0.229 e. The molecule has 0 saturated carbocycles. The first-order valence-electron chi connectivity index (χ1n) is 11.2. The maximum absolute atomic E-state index is 14.1. The van der Waals surface area contributed by atoms with Gasteiger partial charge in [0.15, 0.2) is 0 Å². The van der Waals surface area contributed by atoms with E-state index in [2.05, 4.69) is 12.6 Å². The summed E-state index contributed by atoms with van der Waals surface area (Å²) in [5.41, 5.74) is 0.378. The second kappa shape index (κ2) is 9.59. The molecule has 0 aromatic heterocycles. The van der Waals surface area contributed by atoms with E-state index < -0.39 is 11.0 Å². The van der Waals surface area contributed by atoms with Gasteiger partial charge in [0, 0.05) is 16.0 Å².